The molecule has 1 N–H and O–H groups in total. The molecule has 0 saturated heterocycles. The number of pyridine rings is 1. The lowest BCUT2D eigenvalue weighted by Crippen LogP contribution is -1.96. The molecule has 1 heterocycles. The summed E-state index contributed by atoms with van der Waals surface area (Å²) in [6.45, 7) is 4.37. The summed E-state index contributed by atoms with van der Waals surface area (Å²) in [5.74, 6) is 0.895. The Kier molecular flexibility index (Phi) is 3.28. The van der Waals surface area contributed by atoms with Crippen LogP contribution in [0.4, 0.5) is 0 Å². The molecule has 0 aliphatic carbocycles. The number of nitrogens with zero attached hydrogens (tertiary/aromatic N) is 1. The van der Waals surface area contributed by atoms with Crippen molar-refractivity contribution in [3.8, 4) is 11.5 Å². The van der Waals surface area contributed by atoms with E-state index in [1.165, 1.54) is 0 Å². The molecular formula is C14H15NO2. The van der Waals surface area contributed by atoms with Crippen molar-refractivity contribution in [2.45, 2.75) is 20.5 Å². The zero-order valence-electron chi connectivity index (χ0n) is 9.97. The monoisotopic (exact) mass is 229 g/mol. The summed E-state index contributed by atoms with van der Waals surface area (Å²) in [5, 5.41) is 9.44. The van der Waals surface area contributed by atoms with Crippen LogP contribution in [0.3, 0.4) is 0 Å². The highest BCUT2D eigenvalue weighted by Crippen LogP contribution is 2.22. The van der Waals surface area contributed by atoms with E-state index in [0.717, 1.165) is 16.7 Å². The maximum Gasteiger partial charge on any atom is 0.123 e. The Hall–Kier alpha value is -2.03. The number of hydrogen-bond acceptors (Lipinski definition) is 3. The van der Waals surface area contributed by atoms with E-state index >= 15 is 0 Å². The second-order valence-electron chi connectivity index (χ2n) is 4.16. The predicted octanol–water partition coefficient (Wildman–Crippen LogP) is 2.98. The van der Waals surface area contributed by atoms with Gasteiger partial charge >= 0.3 is 0 Å². The molecule has 0 bridgehead atoms. The summed E-state index contributed by atoms with van der Waals surface area (Å²) in [6, 6.07) is 7.23. The number of aryl methyl sites for hydroxylation is 2. The van der Waals surface area contributed by atoms with Crippen LogP contribution in [0.25, 0.3) is 0 Å². The normalized spacial score (nSPS) is 10.2. The molecule has 0 spiro atoms. The molecule has 0 atom stereocenters. The van der Waals surface area contributed by atoms with Gasteiger partial charge in [-0.1, -0.05) is 0 Å². The van der Waals surface area contributed by atoms with E-state index < -0.39 is 0 Å². The van der Waals surface area contributed by atoms with Crippen LogP contribution in [0.15, 0.2) is 36.7 Å². The van der Waals surface area contributed by atoms with Gasteiger partial charge in [-0.05, 0) is 43.2 Å². The molecule has 1 aromatic carbocycles. The molecule has 2 aromatic rings. The number of aromatic nitrogens is 1. The summed E-state index contributed by atoms with van der Waals surface area (Å²) in [6.07, 6.45) is 3.59. The van der Waals surface area contributed by atoms with Gasteiger partial charge in [0, 0.05) is 24.0 Å². The van der Waals surface area contributed by atoms with Gasteiger partial charge in [-0.25, -0.2) is 0 Å². The lowest BCUT2D eigenvalue weighted by atomic mass is 10.2. The highest BCUT2D eigenvalue weighted by Gasteiger charge is 2.00. The first-order chi connectivity index (χ1) is 8.13. The van der Waals surface area contributed by atoms with Gasteiger partial charge in [0.15, 0.2) is 0 Å². The molecule has 0 aliphatic heterocycles. The molecule has 0 saturated carbocycles. The second kappa shape index (κ2) is 4.87. The molecule has 1 aromatic heterocycles. The Labute approximate surface area is 101 Å². The van der Waals surface area contributed by atoms with Gasteiger partial charge < -0.3 is 9.84 Å². The van der Waals surface area contributed by atoms with E-state index in [2.05, 4.69) is 4.98 Å². The molecule has 88 valence electrons. The first-order valence-corrected chi connectivity index (χ1v) is 5.47. The number of phenols is 1. The van der Waals surface area contributed by atoms with Crippen LogP contribution in [0.2, 0.25) is 0 Å². The van der Waals surface area contributed by atoms with Crippen LogP contribution in [0, 0.1) is 13.8 Å². The standard InChI is InChI=1S/C14H15NO2/c1-10-4-13(16)6-14(5-10)17-9-12-3-11(2)7-15-8-12/h3-8,16H,9H2,1-2H3. The van der Waals surface area contributed by atoms with Crippen molar-refractivity contribution < 1.29 is 9.84 Å². The average Bonchev–Trinajstić information content (AvgIpc) is 2.25. The molecule has 3 nitrogen and oxygen atoms in total. The highest BCUT2D eigenvalue weighted by atomic mass is 16.5. The van der Waals surface area contributed by atoms with Crippen LogP contribution >= 0.6 is 0 Å². The van der Waals surface area contributed by atoms with Crippen LogP contribution in [0.5, 0.6) is 11.5 Å². The molecule has 0 aliphatic rings. The molecule has 0 radical (unpaired) electrons. The van der Waals surface area contributed by atoms with Gasteiger partial charge in [0.1, 0.15) is 18.1 Å². The SMILES string of the molecule is Cc1cncc(COc2cc(C)cc(O)c2)c1. The number of aromatic hydroxyl groups is 1. The molecule has 0 amide bonds. The summed E-state index contributed by atoms with van der Waals surface area (Å²) in [7, 11) is 0. The quantitative estimate of drug-likeness (QED) is 0.879. The van der Waals surface area contributed by atoms with Crippen molar-refractivity contribution in [2.75, 3.05) is 0 Å². The fraction of sp³-hybridized carbons (Fsp3) is 0.214. The van der Waals surface area contributed by atoms with Gasteiger partial charge in [-0.2, -0.15) is 0 Å². The average molecular weight is 229 g/mol. The Morgan fingerprint density at radius 2 is 1.88 bits per heavy atom. The molecule has 0 fully saturated rings. The summed E-state index contributed by atoms with van der Waals surface area (Å²) in [5.41, 5.74) is 3.10. The van der Waals surface area contributed by atoms with Crippen LogP contribution in [-0.4, -0.2) is 10.1 Å². The Bertz CT molecular complexity index is 503. The third-order valence-electron chi connectivity index (χ3n) is 2.37. The summed E-state index contributed by atoms with van der Waals surface area (Å²) in [4.78, 5) is 4.10. The van der Waals surface area contributed by atoms with Crippen molar-refractivity contribution in [3.63, 3.8) is 0 Å². The number of hydrogen-bond donors (Lipinski definition) is 1. The lowest BCUT2D eigenvalue weighted by molar-refractivity contribution is 0.303. The van der Waals surface area contributed by atoms with Crippen molar-refractivity contribution in [3.05, 3.63) is 53.3 Å². The van der Waals surface area contributed by atoms with Crippen molar-refractivity contribution in [1.29, 1.82) is 0 Å². The van der Waals surface area contributed by atoms with Crippen LogP contribution in [0.1, 0.15) is 16.7 Å². The van der Waals surface area contributed by atoms with Crippen molar-refractivity contribution >= 4 is 0 Å². The molecule has 0 unspecified atom stereocenters. The number of phenolic OH excluding ortho intramolecular Hbond substituents is 1. The Morgan fingerprint density at radius 1 is 1.06 bits per heavy atom. The topological polar surface area (TPSA) is 42.4 Å². The number of benzene rings is 1. The van der Waals surface area contributed by atoms with Crippen LogP contribution in [-0.2, 0) is 6.61 Å². The van der Waals surface area contributed by atoms with E-state index in [-0.39, 0.29) is 5.75 Å². The van der Waals surface area contributed by atoms with E-state index in [4.69, 9.17) is 4.74 Å². The summed E-state index contributed by atoms with van der Waals surface area (Å²) < 4.78 is 5.61. The fourth-order valence-electron chi connectivity index (χ4n) is 1.67. The van der Waals surface area contributed by atoms with Gasteiger partial charge in [0.05, 0.1) is 0 Å². The minimum atomic E-state index is 0.224. The highest BCUT2D eigenvalue weighted by molar-refractivity contribution is 5.37. The van der Waals surface area contributed by atoms with Gasteiger partial charge in [0.25, 0.3) is 0 Å². The van der Waals surface area contributed by atoms with Gasteiger partial charge in [0.2, 0.25) is 0 Å². The van der Waals surface area contributed by atoms with E-state index in [1.807, 2.05) is 32.2 Å². The maximum atomic E-state index is 9.44. The third kappa shape index (κ3) is 3.21. The van der Waals surface area contributed by atoms with Crippen LogP contribution < -0.4 is 4.74 Å². The third-order valence-corrected chi connectivity index (χ3v) is 2.37. The van der Waals surface area contributed by atoms with Crippen molar-refractivity contribution in [1.82, 2.24) is 4.98 Å². The van der Waals surface area contributed by atoms with E-state index in [1.54, 1.807) is 18.3 Å². The lowest BCUT2D eigenvalue weighted by Gasteiger charge is -2.08. The first kappa shape index (κ1) is 11.5. The molecular weight excluding hydrogens is 214 g/mol. The minimum absolute atomic E-state index is 0.224. The number of ether oxygens (including phenoxy) is 1. The smallest absolute Gasteiger partial charge is 0.123 e. The van der Waals surface area contributed by atoms with Gasteiger partial charge in [-0.15, -0.1) is 0 Å². The maximum absolute atomic E-state index is 9.44. The van der Waals surface area contributed by atoms with E-state index in [9.17, 15) is 5.11 Å². The first-order valence-electron chi connectivity index (χ1n) is 5.47. The molecule has 2 rings (SSSR count). The Balaban J connectivity index is 2.07. The largest absolute Gasteiger partial charge is 0.508 e. The molecule has 17 heavy (non-hydrogen) atoms. The number of rotatable bonds is 3. The van der Waals surface area contributed by atoms with E-state index in [0.29, 0.717) is 12.4 Å². The molecule has 3 heteroatoms. The Morgan fingerprint density at radius 3 is 2.59 bits per heavy atom. The minimum Gasteiger partial charge on any atom is -0.508 e. The zero-order valence-corrected chi connectivity index (χ0v) is 9.97. The zero-order chi connectivity index (χ0) is 12.3. The predicted molar refractivity (Wildman–Crippen MR) is 66.1 cm³/mol. The summed E-state index contributed by atoms with van der Waals surface area (Å²) >= 11 is 0. The van der Waals surface area contributed by atoms with Gasteiger partial charge in [-0.3, -0.25) is 4.98 Å². The van der Waals surface area contributed by atoms with Crippen molar-refractivity contribution in [2.24, 2.45) is 0 Å². The second-order valence-corrected chi connectivity index (χ2v) is 4.16. The fourth-order valence-corrected chi connectivity index (χ4v) is 1.67.